The first-order valence-electron chi connectivity index (χ1n) is 10.00. The minimum atomic E-state index is -4.42. The molecule has 1 aliphatic carbocycles. The maximum Gasteiger partial charge on any atom is 0.416 e. The summed E-state index contributed by atoms with van der Waals surface area (Å²) in [6.45, 7) is 0. The Balaban J connectivity index is 1.58. The standard InChI is InChI=1S/C22H20F3N3O3/c23-22(24,25)16-9-6-14(7-10-16)20-13-26-21(31-20)15-8-11-18(19(12-15)28(29)30)27-17-4-2-1-3-5-17/h6-13,17,27H,1-5H2. The fourth-order valence-electron chi connectivity index (χ4n) is 3.77. The average molecular weight is 431 g/mol. The van der Waals surface area contributed by atoms with Crippen LogP contribution in [0.15, 0.2) is 53.1 Å². The fourth-order valence-corrected chi connectivity index (χ4v) is 3.77. The molecule has 0 atom stereocenters. The summed E-state index contributed by atoms with van der Waals surface area (Å²) in [6.07, 6.45) is 2.32. The van der Waals surface area contributed by atoms with Crippen LogP contribution in [0.1, 0.15) is 37.7 Å². The SMILES string of the molecule is O=[N+]([O-])c1cc(-c2ncc(-c3ccc(C(F)(F)F)cc3)o2)ccc1NC1CCCCC1. The van der Waals surface area contributed by atoms with Crippen LogP contribution >= 0.6 is 0 Å². The lowest BCUT2D eigenvalue weighted by molar-refractivity contribution is -0.383. The molecule has 0 amide bonds. The molecule has 162 valence electrons. The second-order valence-corrected chi connectivity index (χ2v) is 7.57. The third-order valence-corrected chi connectivity index (χ3v) is 5.41. The molecule has 6 nitrogen and oxygen atoms in total. The summed E-state index contributed by atoms with van der Waals surface area (Å²) in [4.78, 5) is 15.3. The van der Waals surface area contributed by atoms with Gasteiger partial charge in [0.1, 0.15) is 5.69 Å². The van der Waals surface area contributed by atoms with Crippen molar-refractivity contribution in [1.82, 2.24) is 4.98 Å². The fraction of sp³-hybridized carbons (Fsp3) is 0.318. The van der Waals surface area contributed by atoms with E-state index in [2.05, 4.69) is 10.3 Å². The second-order valence-electron chi connectivity index (χ2n) is 7.57. The number of alkyl halides is 3. The van der Waals surface area contributed by atoms with E-state index in [4.69, 9.17) is 4.42 Å². The summed E-state index contributed by atoms with van der Waals surface area (Å²) < 4.78 is 43.9. The highest BCUT2D eigenvalue weighted by Gasteiger charge is 2.30. The normalized spacial score (nSPS) is 15.1. The van der Waals surface area contributed by atoms with E-state index in [-0.39, 0.29) is 23.4 Å². The molecule has 1 fully saturated rings. The molecule has 3 aromatic rings. The second kappa shape index (κ2) is 8.41. The molecule has 0 bridgehead atoms. The molecule has 4 rings (SSSR count). The quantitative estimate of drug-likeness (QED) is 0.360. The summed E-state index contributed by atoms with van der Waals surface area (Å²) in [5.41, 5.74) is 0.469. The Morgan fingerprint density at radius 1 is 1.03 bits per heavy atom. The van der Waals surface area contributed by atoms with E-state index < -0.39 is 16.7 Å². The zero-order valence-electron chi connectivity index (χ0n) is 16.5. The van der Waals surface area contributed by atoms with Crippen LogP contribution in [-0.4, -0.2) is 15.9 Å². The summed E-state index contributed by atoms with van der Waals surface area (Å²) in [7, 11) is 0. The number of nitrogens with zero attached hydrogens (tertiary/aromatic N) is 2. The molecular weight excluding hydrogens is 411 g/mol. The number of nitro groups is 1. The van der Waals surface area contributed by atoms with E-state index in [0.717, 1.165) is 37.8 Å². The van der Waals surface area contributed by atoms with E-state index in [1.165, 1.54) is 30.8 Å². The number of nitro benzene ring substituents is 1. The molecule has 9 heteroatoms. The predicted molar refractivity (Wildman–Crippen MR) is 110 cm³/mol. The third kappa shape index (κ3) is 4.70. The molecule has 0 saturated heterocycles. The van der Waals surface area contributed by atoms with Gasteiger partial charge in [0.25, 0.3) is 5.69 Å². The van der Waals surface area contributed by atoms with Crippen LogP contribution in [0.3, 0.4) is 0 Å². The average Bonchev–Trinajstić information content (AvgIpc) is 3.24. The Bertz CT molecular complexity index is 1070. The van der Waals surface area contributed by atoms with Crippen molar-refractivity contribution in [3.63, 3.8) is 0 Å². The Hall–Kier alpha value is -3.36. The van der Waals surface area contributed by atoms with Gasteiger partial charge in [0.05, 0.1) is 16.7 Å². The first-order valence-corrected chi connectivity index (χ1v) is 10.00. The van der Waals surface area contributed by atoms with Crippen LogP contribution in [0, 0.1) is 10.1 Å². The molecule has 31 heavy (non-hydrogen) atoms. The van der Waals surface area contributed by atoms with Crippen molar-refractivity contribution in [1.29, 1.82) is 0 Å². The van der Waals surface area contributed by atoms with E-state index >= 15 is 0 Å². The maximum atomic E-state index is 12.7. The number of halogens is 3. The number of nitrogens with one attached hydrogen (secondary N) is 1. The number of aromatic nitrogens is 1. The largest absolute Gasteiger partial charge is 0.436 e. The number of oxazole rings is 1. The van der Waals surface area contributed by atoms with Crippen LogP contribution in [0.4, 0.5) is 24.5 Å². The lowest BCUT2D eigenvalue weighted by atomic mass is 9.95. The minimum Gasteiger partial charge on any atom is -0.436 e. The summed E-state index contributed by atoms with van der Waals surface area (Å²) in [5, 5.41) is 14.9. The predicted octanol–water partition coefficient (Wildman–Crippen LogP) is 6.68. The highest BCUT2D eigenvalue weighted by molar-refractivity contribution is 5.71. The molecule has 0 aliphatic heterocycles. The van der Waals surface area contributed by atoms with Gasteiger partial charge in [-0.3, -0.25) is 10.1 Å². The van der Waals surface area contributed by atoms with Gasteiger partial charge in [-0.15, -0.1) is 0 Å². The molecule has 2 aromatic carbocycles. The summed E-state index contributed by atoms with van der Waals surface area (Å²) in [6, 6.07) is 9.46. The lowest BCUT2D eigenvalue weighted by Gasteiger charge is -2.23. The smallest absolute Gasteiger partial charge is 0.416 e. The highest BCUT2D eigenvalue weighted by atomic mass is 19.4. The molecule has 1 aliphatic rings. The molecule has 0 unspecified atom stereocenters. The van der Waals surface area contributed by atoms with Gasteiger partial charge in [-0.05, 0) is 37.1 Å². The van der Waals surface area contributed by atoms with Crippen molar-refractivity contribution in [2.24, 2.45) is 0 Å². The number of hydrogen-bond donors (Lipinski definition) is 1. The van der Waals surface area contributed by atoms with Crippen molar-refractivity contribution < 1.29 is 22.5 Å². The Morgan fingerprint density at radius 2 is 1.71 bits per heavy atom. The first-order chi connectivity index (χ1) is 14.8. The summed E-state index contributed by atoms with van der Waals surface area (Å²) in [5.74, 6) is 0.429. The topological polar surface area (TPSA) is 81.2 Å². The van der Waals surface area contributed by atoms with E-state index in [0.29, 0.717) is 16.8 Å². The van der Waals surface area contributed by atoms with Crippen LogP contribution in [0.5, 0.6) is 0 Å². The van der Waals surface area contributed by atoms with Crippen molar-refractivity contribution >= 4 is 11.4 Å². The summed E-state index contributed by atoms with van der Waals surface area (Å²) >= 11 is 0. The Labute approximate surface area is 176 Å². The molecule has 1 saturated carbocycles. The Kier molecular flexibility index (Phi) is 5.67. The van der Waals surface area contributed by atoms with E-state index in [1.807, 2.05) is 0 Å². The molecular formula is C22H20F3N3O3. The van der Waals surface area contributed by atoms with E-state index in [1.54, 1.807) is 12.1 Å². The van der Waals surface area contributed by atoms with E-state index in [9.17, 15) is 23.3 Å². The van der Waals surface area contributed by atoms with Gasteiger partial charge in [0.2, 0.25) is 5.89 Å². The number of hydrogen-bond acceptors (Lipinski definition) is 5. The zero-order valence-corrected chi connectivity index (χ0v) is 16.5. The molecule has 0 radical (unpaired) electrons. The highest BCUT2D eigenvalue weighted by Crippen LogP contribution is 2.35. The van der Waals surface area contributed by atoms with Gasteiger partial charge in [-0.25, -0.2) is 4.98 Å². The zero-order chi connectivity index (χ0) is 22.0. The molecule has 1 N–H and O–H groups in total. The number of benzene rings is 2. The molecule has 0 spiro atoms. The van der Waals surface area contributed by atoms with Gasteiger partial charge in [-0.2, -0.15) is 13.2 Å². The molecule has 1 aromatic heterocycles. The first kappa shape index (κ1) is 20.9. The van der Waals surface area contributed by atoms with Crippen LogP contribution < -0.4 is 5.32 Å². The van der Waals surface area contributed by atoms with Crippen molar-refractivity contribution in [2.75, 3.05) is 5.32 Å². The van der Waals surface area contributed by atoms with Gasteiger partial charge in [0, 0.05) is 23.2 Å². The third-order valence-electron chi connectivity index (χ3n) is 5.41. The van der Waals surface area contributed by atoms with Crippen molar-refractivity contribution in [2.45, 2.75) is 44.3 Å². The van der Waals surface area contributed by atoms with Gasteiger partial charge in [0.15, 0.2) is 5.76 Å². The van der Waals surface area contributed by atoms with Gasteiger partial charge < -0.3 is 9.73 Å². The van der Waals surface area contributed by atoms with Crippen LogP contribution in [0.25, 0.3) is 22.8 Å². The maximum absolute atomic E-state index is 12.7. The number of anilines is 1. The van der Waals surface area contributed by atoms with Gasteiger partial charge >= 0.3 is 6.18 Å². The number of rotatable bonds is 5. The lowest BCUT2D eigenvalue weighted by Crippen LogP contribution is -2.22. The van der Waals surface area contributed by atoms with Crippen LogP contribution in [0.2, 0.25) is 0 Å². The van der Waals surface area contributed by atoms with Gasteiger partial charge in [-0.1, -0.05) is 31.4 Å². The monoisotopic (exact) mass is 431 g/mol. The van der Waals surface area contributed by atoms with Crippen molar-refractivity contribution in [3.05, 3.63) is 64.3 Å². The van der Waals surface area contributed by atoms with Crippen LogP contribution in [-0.2, 0) is 6.18 Å². The Morgan fingerprint density at radius 3 is 2.35 bits per heavy atom. The van der Waals surface area contributed by atoms with Crippen molar-refractivity contribution in [3.8, 4) is 22.8 Å². The minimum absolute atomic E-state index is 0.0719. The molecule has 1 heterocycles.